The van der Waals surface area contributed by atoms with Crippen molar-refractivity contribution in [3.63, 3.8) is 0 Å². The summed E-state index contributed by atoms with van der Waals surface area (Å²) < 4.78 is 5.65. The highest BCUT2D eigenvalue weighted by Gasteiger charge is 2.21. The average molecular weight is 314 g/mol. The van der Waals surface area contributed by atoms with Gasteiger partial charge in [-0.25, -0.2) is 9.98 Å². The van der Waals surface area contributed by atoms with Gasteiger partial charge in [0.05, 0.1) is 12.6 Å². The lowest BCUT2D eigenvalue weighted by molar-refractivity contribution is 0.262. The van der Waals surface area contributed by atoms with Gasteiger partial charge in [0.25, 0.3) is 0 Å². The van der Waals surface area contributed by atoms with Gasteiger partial charge in [0, 0.05) is 17.9 Å². The van der Waals surface area contributed by atoms with Gasteiger partial charge < -0.3 is 15.8 Å². The molecule has 1 aliphatic rings. The van der Waals surface area contributed by atoms with Gasteiger partial charge in [-0.2, -0.15) is 5.10 Å². The molecular weight excluding hydrogens is 292 g/mol. The largest absolute Gasteiger partial charge is 0.493 e. The van der Waals surface area contributed by atoms with E-state index in [0.29, 0.717) is 24.9 Å². The number of hydrogen-bond donors (Lipinski definition) is 3. The number of aliphatic imine (C=N–C) groups is 1. The highest BCUT2D eigenvalue weighted by Crippen LogP contribution is 2.31. The maximum absolute atomic E-state index is 6.01. The van der Waals surface area contributed by atoms with Gasteiger partial charge in [0.2, 0.25) is 0 Å². The van der Waals surface area contributed by atoms with Crippen LogP contribution >= 0.6 is 0 Å². The number of rotatable bonds is 4. The third-order valence-corrected chi connectivity index (χ3v) is 3.75. The van der Waals surface area contributed by atoms with Crippen molar-refractivity contribution >= 4 is 5.96 Å². The standard InChI is InChI=1S/C16H22N6O/c1-10(2)15-20-14(21-22-15)9-18-16(17)19-12-7-8-23-13-6-4-3-5-11(12)13/h3-6,10,12H,7-9H2,1-2H3,(H3,17,18,19)(H,20,21,22). The Morgan fingerprint density at radius 2 is 2.30 bits per heavy atom. The molecule has 0 saturated heterocycles. The van der Waals surface area contributed by atoms with Crippen LogP contribution in [0.1, 0.15) is 49.4 Å². The van der Waals surface area contributed by atoms with Crippen molar-refractivity contribution < 1.29 is 4.74 Å². The summed E-state index contributed by atoms with van der Waals surface area (Å²) in [7, 11) is 0. The van der Waals surface area contributed by atoms with Gasteiger partial charge in [-0.15, -0.1) is 0 Å². The number of aromatic amines is 1. The molecule has 23 heavy (non-hydrogen) atoms. The first kappa shape index (κ1) is 15.3. The molecule has 7 heteroatoms. The molecular formula is C16H22N6O. The Balaban J connectivity index is 1.64. The van der Waals surface area contributed by atoms with Crippen molar-refractivity contribution in [2.24, 2.45) is 10.7 Å². The second-order valence-corrected chi connectivity index (χ2v) is 5.87. The van der Waals surface area contributed by atoms with Gasteiger partial charge in [-0.05, 0) is 6.07 Å². The lowest BCUT2D eigenvalue weighted by Gasteiger charge is -2.26. The Kier molecular flexibility index (Phi) is 4.45. The first-order valence-corrected chi connectivity index (χ1v) is 7.83. The predicted molar refractivity (Wildman–Crippen MR) is 88.2 cm³/mol. The maximum atomic E-state index is 6.01. The van der Waals surface area contributed by atoms with E-state index in [4.69, 9.17) is 10.5 Å². The molecule has 2 aromatic rings. The van der Waals surface area contributed by atoms with Crippen LogP contribution in [0.15, 0.2) is 29.3 Å². The average Bonchev–Trinajstić information content (AvgIpc) is 3.03. The van der Waals surface area contributed by atoms with Gasteiger partial charge >= 0.3 is 0 Å². The fourth-order valence-corrected chi connectivity index (χ4v) is 2.52. The van der Waals surface area contributed by atoms with Crippen LogP contribution in [0.4, 0.5) is 0 Å². The van der Waals surface area contributed by atoms with Crippen molar-refractivity contribution in [1.82, 2.24) is 20.5 Å². The Morgan fingerprint density at radius 1 is 1.48 bits per heavy atom. The fraction of sp³-hybridized carbons (Fsp3) is 0.438. The number of para-hydroxylation sites is 1. The van der Waals surface area contributed by atoms with Crippen molar-refractivity contribution in [2.75, 3.05) is 6.61 Å². The van der Waals surface area contributed by atoms with E-state index in [1.54, 1.807) is 0 Å². The van der Waals surface area contributed by atoms with Crippen LogP contribution < -0.4 is 15.8 Å². The number of nitrogens with two attached hydrogens (primary N) is 1. The number of H-pyrrole nitrogens is 1. The van der Waals surface area contributed by atoms with Crippen LogP contribution in [0.3, 0.4) is 0 Å². The number of aromatic nitrogens is 3. The second-order valence-electron chi connectivity index (χ2n) is 5.87. The summed E-state index contributed by atoms with van der Waals surface area (Å²) in [4.78, 5) is 8.73. The van der Waals surface area contributed by atoms with Crippen molar-refractivity contribution in [3.8, 4) is 5.75 Å². The molecule has 0 bridgehead atoms. The topological polar surface area (TPSA) is 101 Å². The smallest absolute Gasteiger partial charge is 0.189 e. The molecule has 0 spiro atoms. The number of ether oxygens (including phenoxy) is 1. The summed E-state index contributed by atoms with van der Waals surface area (Å²) in [5.41, 5.74) is 7.12. The molecule has 1 aliphatic heterocycles. The van der Waals surface area contributed by atoms with Crippen LogP contribution in [0, 0.1) is 0 Å². The minimum Gasteiger partial charge on any atom is -0.493 e. The molecule has 0 aliphatic carbocycles. The summed E-state index contributed by atoms with van der Waals surface area (Å²) in [6.45, 7) is 5.15. The van der Waals surface area contributed by atoms with E-state index in [0.717, 1.165) is 23.6 Å². The van der Waals surface area contributed by atoms with Crippen molar-refractivity contribution in [3.05, 3.63) is 41.5 Å². The van der Waals surface area contributed by atoms with E-state index < -0.39 is 0 Å². The van der Waals surface area contributed by atoms with Crippen LogP contribution in [-0.2, 0) is 6.54 Å². The third kappa shape index (κ3) is 3.61. The summed E-state index contributed by atoms with van der Waals surface area (Å²) in [6, 6.07) is 8.10. The molecule has 3 rings (SSSR count). The van der Waals surface area contributed by atoms with E-state index in [2.05, 4.69) is 39.3 Å². The van der Waals surface area contributed by atoms with Crippen LogP contribution in [-0.4, -0.2) is 27.7 Å². The Bertz CT molecular complexity index is 693. The van der Waals surface area contributed by atoms with Crippen LogP contribution in [0.2, 0.25) is 0 Å². The van der Waals surface area contributed by atoms with Gasteiger partial charge in [-0.1, -0.05) is 32.0 Å². The Labute approximate surface area is 135 Å². The Hall–Kier alpha value is -2.57. The van der Waals surface area contributed by atoms with E-state index >= 15 is 0 Å². The number of hydrogen-bond acceptors (Lipinski definition) is 4. The molecule has 1 unspecified atom stereocenters. The number of benzene rings is 1. The molecule has 0 amide bonds. The zero-order chi connectivity index (χ0) is 16.2. The van der Waals surface area contributed by atoms with Crippen LogP contribution in [0.5, 0.6) is 5.75 Å². The van der Waals surface area contributed by atoms with E-state index in [9.17, 15) is 0 Å². The molecule has 2 heterocycles. The number of nitrogens with one attached hydrogen (secondary N) is 2. The lowest BCUT2D eigenvalue weighted by Crippen LogP contribution is -2.37. The molecule has 1 aromatic heterocycles. The molecule has 122 valence electrons. The number of nitrogens with zero attached hydrogens (tertiary/aromatic N) is 3. The minimum atomic E-state index is 0.115. The third-order valence-electron chi connectivity index (χ3n) is 3.75. The molecule has 7 nitrogen and oxygen atoms in total. The molecule has 4 N–H and O–H groups in total. The zero-order valence-electron chi connectivity index (χ0n) is 13.4. The van der Waals surface area contributed by atoms with Crippen molar-refractivity contribution in [2.45, 2.75) is 38.8 Å². The molecule has 0 saturated carbocycles. The van der Waals surface area contributed by atoms with Crippen LogP contribution in [0.25, 0.3) is 0 Å². The highest BCUT2D eigenvalue weighted by atomic mass is 16.5. The van der Waals surface area contributed by atoms with Gasteiger partial charge in [-0.3, -0.25) is 5.10 Å². The normalized spacial score (nSPS) is 17.7. The molecule has 0 radical (unpaired) electrons. The lowest BCUT2D eigenvalue weighted by atomic mass is 10.0. The first-order valence-electron chi connectivity index (χ1n) is 7.83. The maximum Gasteiger partial charge on any atom is 0.189 e. The van der Waals surface area contributed by atoms with E-state index in [1.807, 2.05) is 24.3 Å². The summed E-state index contributed by atoms with van der Waals surface area (Å²) in [5.74, 6) is 3.10. The zero-order valence-corrected chi connectivity index (χ0v) is 13.4. The quantitative estimate of drug-likeness (QED) is 0.590. The van der Waals surface area contributed by atoms with E-state index in [1.165, 1.54) is 0 Å². The monoisotopic (exact) mass is 314 g/mol. The second kappa shape index (κ2) is 6.68. The minimum absolute atomic E-state index is 0.115. The SMILES string of the molecule is CC(C)c1n[nH]c(CN=C(N)NC2CCOc3ccccc32)n1. The van der Waals surface area contributed by atoms with Gasteiger partial charge in [0.15, 0.2) is 11.8 Å². The molecule has 0 fully saturated rings. The molecule has 1 atom stereocenters. The summed E-state index contributed by atoms with van der Waals surface area (Å²) in [6.07, 6.45) is 0.854. The highest BCUT2D eigenvalue weighted by molar-refractivity contribution is 5.78. The summed E-state index contributed by atoms with van der Waals surface area (Å²) >= 11 is 0. The summed E-state index contributed by atoms with van der Waals surface area (Å²) in [5, 5.41) is 10.3. The van der Waals surface area contributed by atoms with Gasteiger partial charge in [0.1, 0.15) is 18.1 Å². The Morgan fingerprint density at radius 3 is 3.09 bits per heavy atom. The number of guanidine groups is 1. The fourth-order valence-electron chi connectivity index (χ4n) is 2.52. The van der Waals surface area contributed by atoms with Crippen molar-refractivity contribution in [1.29, 1.82) is 0 Å². The predicted octanol–water partition coefficient (Wildman–Crippen LogP) is 1.86. The molecule has 1 aromatic carbocycles. The number of fused-ring (bicyclic) bond motifs is 1. The van der Waals surface area contributed by atoms with E-state index in [-0.39, 0.29) is 12.0 Å². The first-order chi connectivity index (χ1) is 11.1.